The van der Waals surface area contributed by atoms with Crippen molar-refractivity contribution in [3.05, 3.63) is 101 Å². The lowest BCUT2D eigenvalue weighted by molar-refractivity contribution is 0.0939. The molecule has 3 aromatic rings. The van der Waals surface area contributed by atoms with Crippen molar-refractivity contribution in [1.82, 2.24) is 5.32 Å². The molecule has 0 fully saturated rings. The van der Waals surface area contributed by atoms with Gasteiger partial charge >= 0.3 is 0 Å². The third-order valence-corrected chi connectivity index (χ3v) is 4.58. The first-order chi connectivity index (χ1) is 13.2. The molecule has 0 unspecified atom stereocenters. The summed E-state index contributed by atoms with van der Waals surface area (Å²) in [4.78, 5) is 12.6. The van der Waals surface area contributed by atoms with Gasteiger partial charge in [0.05, 0.1) is 6.04 Å². The Bertz CT molecular complexity index is 872. The smallest absolute Gasteiger partial charge is 0.251 e. The number of hydrogen-bond acceptors (Lipinski definition) is 2. The Hall–Kier alpha value is -3.07. The van der Waals surface area contributed by atoms with E-state index < -0.39 is 0 Å². The molecule has 0 aliphatic rings. The van der Waals surface area contributed by atoms with Crippen LogP contribution in [-0.4, -0.2) is 5.91 Å². The van der Waals surface area contributed by atoms with Crippen molar-refractivity contribution in [2.45, 2.75) is 32.9 Å². The summed E-state index contributed by atoms with van der Waals surface area (Å²) in [6, 6.07) is 25.6. The van der Waals surface area contributed by atoms with Gasteiger partial charge in [-0.25, -0.2) is 0 Å². The number of amides is 1. The molecular formula is C24H25NO2. The number of aryl methyl sites for hydroxylation is 1. The zero-order valence-corrected chi connectivity index (χ0v) is 15.8. The first-order valence-corrected chi connectivity index (χ1v) is 9.32. The van der Waals surface area contributed by atoms with Crippen molar-refractivity contribution < 1.29 is 9.53 Å². The van der Waals surface area contributed by atoms with Crippen LogP contribution in [0.15, 0.2) is 78.9 Å². The number of ether oxygens (including phenoxy) is 1. The average Bonchev–Trinajstić information content (AvgIpc) is 2.73. The van der Waals surface area contributed by atoms with E-state index in [0.717, 1.165) is 17.5 Å². The summed E-state index contributed by atoms with van der Waals surface area (Å²) >= 11 is 0. The quantitative estimate of drug-likeness (QED) is 0.620. The van der Waals surface area contributed by atoms with Gasteiger partial charge in [-0.2, -0.15) is 0 Å². The molecule has 0 bridgehead atoms. The van der Waals surface area contributed by atoms with Crippen LogP contribution in [0.3, 0.4) is 0 Å². The summed E-state index contributed by atoms with van der Waals surface area (Å²) < 4.78 is 5.82. The second kappa shape index (κ2) is 9.04. The topological polar surface area (TPSA) is 38.3 Å². The van der Waals surface area contributed by atoms with Gasteiger partial charge in [0.15, 0.2) is 0 Å². The standard InChI is InChI=1S/C24H25NO2/c1-3-19-12-14-21(15-13-19)18(2)25-24(26)22-10-7-11-23(16-22)27-17-20-8-5-4-6-9-20/h4-16,18H,3,17H2,1-2H3,(H,25,26)/t18-/m0/s1. The highest BCUT2D eigenvalue weighted by Gasteiger charge is 2.12. The predicted octanol–water partition coefficient (Wildman–Crippen LogP) is 5.32. The summed E-state index contributed by atoms with van der Waals surface area (Å²) in [5, 5.41) is 3.06. The Morgan fingerprint density at radius 2 is 1.67 bits per heavy atom. The monoisotopic (exact) mass is 359 g/mol. The Morgan fingerprint density at radius 1 is 0.926 bits per heavy atom. The number of hydrogen-bond donors (Lipinski definition) is 1. The largest absolute Gasteiger partial charge is 0.489 e. The maximum atomic E-state index is 12.6. The van der Waals surface area contributed by atoms with Crippen molar-refractivity contribution in [2.24, 2.45) is 0 Å². The van der Waals surface area contributed by atoms with Crippen LogP contribution < -0.4 is 10.1 Å². The van der Waals surface area contributed by atoms with Gasteiger partial charge in [-0.05, 0) is 48.2 Å². The lowest BCUT2D eigenvalue weighted by Crippen LogP contribution is -2.26. The van der Waals surface area contributed by atoms with E-state index in [9.17, 15) is 4.79 Å². The molecule has 0 heterocycles. The van der Waals surface area contributed by atoms with E-state index in [0.29, 0.717) is 17.9 Å². The van der Waals surface area contributed by atoms with E-state index in [-0.39, 0.29) is 11.9 Å². The van der Waals surface area contributed by atoms with E-state index in [1.165, 1.54) is 5.56 Å². The van der Waals surface area contributed by atoms with Gasteiger partial charge in [-0.15, -0.1) is 0 Å². The van der Waals surface area contributed by atoms with Crippen LogP contribution in [0.5, 0.6) is 5.75 Å². The second-order valence-corrected chi connectivity index (χ2v) is 6.59. The van der Waals surface area contributed by atoms with Gasteiger partial charge in [0, 0.05) is 5.56 Å². The zero-order valence-electron chi connectivity index (χ0n) is 15.8. The first kappa shape index (κ1) is 18.7. The third-order valence-electron chi connectivity index (χ3n) is 4.58. The molecule has 0 aliphatic carbocycles. The van der Waals surface area contributed by atoms with E-state index >= 15 is 0 Å². The molecule has 138 valence electrons. The number of carbonyl (C=O) groups excluding carboxylic acids is 1. The minimum atomic E-state index is -0.104. The Kier molecular flexibility index (Phi) is 6.26. The predicted molar refractivity (Wildman–Crippen MR) is 109 cm³/mol. The maximum absolute atomic E-state index is 12.6. The molecule has 0 spiro atoms. The van der Waals surface area contributed by atoms with E-state index in [2.05, 4.69) is 36.5 Å². The molecule has 3 nitrogen and oxygen atoms in total. The fourth-order valence-electron chi connectivity index (χ4n) is 2.87. The minimum absolute atomic E-state index is 0.0581. The summed E-state index contributed by atoms with van der Waals surface area (Å²) in [6.07, 6.45) is 1.01. The lowest BCUT2D eigenvalue weighted by Gasteiger charge is -2.15. The molecule has 0 saturated carbocycles. The fraction of sp³-hybridized carbons (Fsp3) is 0.208. The van der Waals surface area contributed by atoms with Crippen LogP contribution in [-0.2, 0) is 13.0 Å². The highest BCUT2D eigenvalue weighted by atomic mass is 16.5. The van der Waals surface area contributed by atoms with Crippen molar-refractivity contribution >= 4 is 5.91 Å². The minimum Gasteiger partial charge on any atom is -0.489 e. The average molecular weight is 359 g/mol. The van der Waals surface area contributed by atoms with Crippen LogP contribution in [0, 0.1) is 0 Å². The molecule has 0 radical (unpaired) electrons. The van der Waals surface area contributed by atoms with E-state index in [4.69, 9.17) is 4.74 Å². The molecule has 1 amide bonds. The summed E-state index contributed by atoms with van der Waals surface area (Å²) in [5.41, 5.74) is 4.08. The molecule has 0 aromatic heterocycles. The highest BCUT2D eigenvalue weighted by Crippen LogP contribution is 2.18. The van der Waals surface area contributed by atoms with Crippen LogP contribution in [0.25, 0.3) is 0 Å². The van der Waals surface area contributed by atoms with Crippen LogP contribution in [0.1, 0.15) is 46.9 Å². The number of benzene rings is 3. The molecule has 1 N–H and O–H groups in total. The number of rotatable bonds is 7. The van der Waals surface area contributed by atoms with Crippen molar-refractivity contribution in [2.75, 3.05) is 0 Å². The SMILES string of the molecule is CCc1ccc([C@H](C)NC(=O)c2cccc(OCc3ccccc3)c2)cc1. The van der Waals surface area contributed by atoms with Crippen molar-refractivity contribution in [3.63, 3.8) is 0 Å². The summed E-state index contributed by atoms with van der Waals surface area (Å²) in [6.45, 7) is 4.60. The summed E-state index contributed by atoms with van der Waals surface area (Å²) in [5.74, 6) is 0.582. The lowest BCUT2D eigenvalue weighted by atomic mass is 10.0. The third kappa shape index (κ3) is 5.20. The van der Waals surface area contributed by atoms with Gasteiger partial charge < -0.3 is 10.1 Å². The maximum Gasteiger partial charge on any atom is 0.251 e. The normalized spacial score (nSPS) is 11.6. The second-order valence-electron chi connectivity index (χ2n) is 6.59. The van der Waals surface area contributed by atoms with Crippen LogP contribution in [0.4, 0.5) is 0 Å². The van der Waals surface area contributed by atoms with Crippen LogP contribution >= 0.6 is 0 Å². The molecule has 3 aromatic carbocycles. The van der Waals surface area contributed by atoms with Crippen molar-refractivity contribution in [3.8, 4) is 5.75 Å². The Balaban J connectivity index is 1.62. The Morgan fingerprint density at radius 3 is 2.37 bits per heavy atom. The first-order valence-electron chi connectivity index (χ1n) is 9.32. The molecule has 3 rings (SSSR count). The summed E-state index contributed by atoms with van der Waals surface area (Å²) in [7, 11) is 0. The van der Waals surface area contributed by atoms with Gasteiger partial charge in [-0.1, -0.05) is 67.6 Å². The van der Waals surface area contributed by atoms with E-state index in [1.807, 2.05) is 49.4 Å². The van der Waals surface area contributed by atoms with E-state index in [1.54, 1.807) is 12.1 Å². The molecule has 0 saturated heterocycles. The number of carbonyl (C=O) groups is 1. The Labute approximate surface area is 161 Å². The molecule has 1 atom stereocenters. The van der Waals surface area contributed by atoms with Gasteiger partial charge in [0.2, 0.25) is 0 Å². The van der Waals surface area contributed by atoms with Gasteiger partial charge in [0.25, 0.3) is 5.91 Å². The number of nitrogens with one attached hydrogen (secondary N) is 1. The molecular weight excluding hydrogens is 334 g/mol. The zero-order chi connectivity index (χ0) is 19.1. The fourth-order valence-corrected chi connectivity index (χ4v) is 2.87. The molecule has 0 aliphatic heterocycles. The van der Waals surface area contributed by atoms with Crippen LogP contribution in [0.2, 0.25) is 0 Å². The van der Waals surface area contributed by atoms with Gasteiger partial charge in [-0.3, -0.25) is 4.79 Å². The van der Waals surface area contributed by atoms with Crippen molar-refractivity contribution in [1.29, 1.82) is 0 Å². The highest BCUT2D eigenvalue weighted by molar-refractivity contribution is 5.94. The van der Waals surface area contributed by atoms with Gasteiger partial charge in [0.1, 0.15) is 12.4 Å². The molecule has 3 heteroatoms. The molecule has 27 heavy (non-hydrogen) atoms.